The van der Waals surface area contributed by atoms with E-state index in [1.165, 1.54) is 19.3 Å². The summed E-state index contributed by atoms with van der Waals surface area (Å²) < 4.78 is 6.00. The topological polar surface area (TPSA) is 46.5 Å². The second-order valence-corrected chi connectivity index (χ2v) is 7.16. The third kappa shape index (κ3) is 2.54. The van der Waals surface area contributed by atoms with Crippen LogP contribution in [0, 0.1) is 23.7 Å². The fourth-order valence-electron chi connectivity index (χ4n) is 4.60. The van der Waals surface area contributed by atoms with Gasteiger partial charge in [-0.05, 0) is 69.1 Å². The molecule has 3 aliphatic rings. The largest absolute Gasteiger partial charge is 0.481 e. The zero-order valence-corrected chi connectivity index (χ0v) is 11.9. The summed E-state index contributed by atoms with van der Waals surface area (Å²) in [6.45, 7) is 3.13. The fraction of sp³-hybridized carbons (Fsp3) is 0.938. The summed E-state index contributed by atoms with van der Waals surface area (Å²) in [7, 11) is 0. The molecule has 0 aromatic carbocycles. The molecule has 4 unspecified atom stereocenters. The Morgan fingerprint density at radius 2 is 2.05 bits per heavy atom. The van der Waals surface area contributed by atoms with E-state index in [1.54, 1.807) is 0 Å². The summed E-state index contributed by atoms with van der Waals surface area (Å²) in [5.41, 5.74) is 0.145. The van der Waals surface area contributed by atoms with Gasteiger partial charge in [0, 0.05) is 6.61 Å². The van der Waals surface area contributed by atoms with Gasteiger partial charge in [0.1, 0.15) is 0 Å². The number of carboxylic acid groups (broad SMARTS) is 1. The average Bonchev–Trinajstić information content (AvgIpc) is 2.36. The maximum absolute atomic E-state index is 11.5. The third-order valence-electron chi connectivity index (χ3n) is 5.88. The van der Waals surface area contributed by atoms with Crippen LogP contribution in [0.1, 0.15) is 58.3 Å². The Balaban J connectivity index is 1.72. The molecule has 0 radical (unpaired) electrons. The molecular formula is C16H26O3. The Hall–Kier alpha value is -0.570. The van der Waals surface area contributed by atoms with Gasteiger partial charge in [0.25, 0.3) is 0 Å². The SMILES string of the molecule is CC1CCC(C(=O)O)C(C2CCOC3(CCC3)C2)C1. The zero-order chi connectivity index (χ0) is 13.5. The summed E-state index contributed by atoms with van der Waals surface area (Å²) in [4.78, 5) is 11.5. The predicted octanol–water partition coefficient (Wildman–Crippen LogP) is 3.47. The van der Waals surface area contributed by atoms with Crippen molar-refractivity contribution < 1.29 is 14.6 Å². The molecule has 3 rings (SSSR count). The molecular weight excluding hydrogens is 240 g/mol. The minimum absolute atomic E-state index is 0.101. The number of ether oxygens (including phenoxy) is 1. The number of aliphatic carboxylic acids is 1. The molecule has 0 amide bonds. The van der Waals surface area contributed by atoms with Crippen molar-refractivity contribution in [2.45, 2.75) is 63.9 Å². The molecule has 0 aromatic heterocycles. The van der Waals surface area contributed by atoms with Crippen LogP contribution in [0.25, 0.3) is 0 Å². The van der Waals surface area contributed by atoms with Crippen LogP contribution >= 0.6 is 0 Å². The van der Waals surface area contributed by atoms with Crippen molar-refractivity contribution in [3.63, 3.8) is 0 Å². The fourth-order valence-corrected chi connectivity index (χ4v) is 4.60. The molecule has 4 atom stereocenters. The molecule has 1 aliphatic heterocycles. The molecule has 0 aromatic rings. The van der Waals surface area contributed by atoms with Crippen molar-refractivity contribution in [1.29, 1.82) is 0 Å². The van der Waals surface area contributed by atoms with Gasteiger partial charge in [-0.25, -0.2) is 0 Å². The van der Waals surface area contributed by atoms with Crippen LogP contribution in [0.2, 0.25) is 0 Å². The monoisotopic (exact) mass is 266 g/mol. The van der Waals surface area contributed by atoms with Crippen molar-refractivity contribution in [2.75, 3.05) is 6.61 Å². The third-order valence-corrected chi connectivity index (χ3v) is 5.88. The van der Waals surface area contributed by atoms with E-state index in [1.807, 2.05) is 0 Å². The first kappa shape index (κ1) is 13.4. The maximum Gasteiger partial charge on any atom is 0.306 e. The van der Waals surface area contributed by atoms with Gasteiger partial charge in [-0.15, -0.1) is 0 Å². The van der Waals surface area contributed by atoms with Crippen molar-refractivity contribution in [1.82, 2.24) is 0 Å². The number of rotatable bonds is 2. The van der Waals surface area contributed by atoms with Crippen LogP contribution in [-0.4, -0.2) is 23.3 Å². The van der Waals surface area contributed by atoms with Crippen LogP contribution < -0.4 is 0 Å². The van der Waals surface area contributed by atoms with Gasteiger partial charge in [-0.1, -0.05) is 6.92 Å². The first-order valence-electron chi connectivity index (χ1n) is 7.96. The van der Waals surface area contributed by atoms with Crippen molar-refractivity contribution in [3.05, 3.63) is 0 Å². The molecule has 108 valence electrons. The molecule has 1 spiro atoms. The van der Waals surface area contributed by atoms with E-state index >= 15 is 0 Å². The molecule has 3 heteroatoms. The van der Waals surface area contributed by atoms with Crippen molar-refractivity contribution in [3.8, 4) is 0 Å². The standard InChI is InChI=1S/C16H26O3/c1-11-3-4-13(15(17)18)14(9-11)12-5-8-19-16(10-12)6-2-7-16/h11-14H,2-10H2,1H3,(H,17,18). The summed E-state index contributed by atoms with van der Waals surface area (Å²) in [6.07, 6.45) is 8.95. The molecule has 19 heavy (non-hydrogen) atoms. The van der Waals surface area contributed by atoms with E-state index in [0.29, 0.717) is 17.8 Å². The highest BCUT2D eigenvalue weighted by molar-refractivity contribution is 5.70. The lowest BCUT2D eigenvalue weighted by atomic mass is 9.62. The molecule has 3 nitrogen and oxygen atoms in total. The lowest BCUT2D eigenvalue weighted by Crippen LogP contribution is -2.48. The minimum atomic E-state index is -0.564. The van der Waals surface area contributed by atoms with E-state index in [2.05, 4.69) is 6.92 Å². The van der Waals surface area contributed by atoms with E-state index in [4.69, 9.17) is 4.74 Å². The van der Waals surface area contributed by atoms with Crippen LogP contribution in [0.5, 0.6) is 0 Å². The molecule has 1 N–H and O–H groups in total. The lowest BCUT2D eigenvalue weighted by molar-refractivity contribution is -0.164. The number of carboxylic acids is 1. The highest BCUT2D eigenvalue weighted by Gasteiger charge is 2.47. The predicted molar refractivity (Wildman–Crippen MR) is 72.9 cm³/mol. The number of hydrogen-bond donors (Lipinski definition) is 1. The lowest BCUT2D eigenvalue weighted by Gasteiger charge is -2.50. The molecule has 1 saturated heterocycles. The molecule has 0 bridgehead atoms. The van der Waals surface area contributed by atoms with Gasteiger partial charge >= 0.3 is 5.97 Å². The zero-order valence-electron chi connectivity index (χ0n) is 11.9. The first-order valence-corrected chi connectivity index (χ1v) is 7.96. The molecule has 2 aliphatic carbocycles. The maximum atomic E-state index is 11.5. The summed E-state index contributed by atoms with van der Waals surface area (Å²) in [5.74, 6) is 1.00. The second-order valence-electron chi connectivity index (χ2n) is 7.16. The van der Waals surface area contributed by atoms with Gasteiger partial charge in [-0.2, -0.15) is 0 Å². The molecule has 2 saturated carbocycles. The van der Waals surface area contributed by atoms with Crippen LogP contribution in [-0.2, 0) is 9.53 Å². The quantitative estimate of drug-likeness (QED) is 0.832. The minimum Gasteiger partial charge on any atom is -0.481 e. The first-order chi connectivity index (χ1) is 9.10. The van der Waals surface area contributed by atoms with Crippen LogP contribution in [0.15, 0.2) is 0 Å². The second kappa shape index (κ2) is 5.08. The summed E-state index contributed by atoms with van der Waals surface area (Å²) in [5, 5.41) is 9.50. The van der Waals surface area contributed by atoms with E-state index in [-0.39, 0.29) is 11.5 Å². The Morgan fingerprint density at radius 3 is 2.68 bits per heavy atom. The molecule has 3 fully saturated rings. The van der Waals surface area contributed by atoms with Crippen LogP contribution in [0.4, 0.5) is 0 Å². The highest BCUT2D eigenvalue weighted by atomic mass is 16.5. The Bertz CT molecular complexity index is 348. The number of hydrogen-bond acceptors (Lipinski definition) is 2. The summed E-state index contributed by atoms with van der Waals surface area (Å²) >= 11 is 0. The smallest absolute Gasteiger partial charge is 0.306 e. The number of carbonyl (C=O) groups is 1. The van der Waals surface area contributed by atoms with Crippen molar-refractivity contribution in [2.24, 2.45) is 23.7 Å². The van der Waals surface area contributed by atoms with Crippen molar-refractivity contribution >= 4 is 5.97 Å². The van der Waals surface area contributed by atoms with Crippen LogP contribution in [0.3, 0.4) is 0 Å². The van der Waals surface area contributed by atoms with E-state index in [0.717, 1.165) is 38.7 Å². The Morgan fingerprint density at radius 1 is 1.26 bits per heavy atom. The van der Waals surface area contributed by atoms with E-state index < -0.39 is 5.97 Å². The van der Waals surface area contributed by atoms with Gasteiger partial charge in [-0.3, -0.25) is 4.79 Å². The normalized spacial score (nSPS) is 41.7. The Labute approximate surface area is 115 Å². The molecule has 1 heterocycles. The van der Waals surface area contributed by atoms with Gasteiger partial charge < -0.3 is 9.84 Å². The summed E-state index contributed by atoms with van der Waals surface area (Å²) in [6, 6.07) is 0. The average molecular weight is 266 g/mol. The Kier molecular flexibility index (Phi) is 3.59. The van der Waals surface area contributed by atoms with Gasteiger partial charge in [0.15, 0.2) is 0 Å². The van der Waals surface area contributed by atoms with E-state index in [9.17, 15) is 9.90 Å². The van der Waals surface area contributed by atoms with Gasteiger partial charge in [0.2, 0.25) is 0 Å². The highest BCUT2D eigenvalue weighted by Crippen LogP contribution is 2.50. The van der Waals surface area contributed by atoms with Gasteiger partial charge in [0.05, 0.1) is 11.5 Å².